The highest BCUT2D eigenvalue weighted by Crippen LogP contribution is 1.82. The molecular formula is C3H10N2O3S. The third-order valence-corrected chi connectivity index (χ3v) is 1.34. The fourth-order valence-corrected chi connectivity index (χ4v) is 0.824. The van der Waals surface area contributed by atoms with Crippen LogP contribution in [0.4, 0.5) is 0 Å². The number of rotatable bonds is 3. The lowest BCUT2D eigenvalue weighted by molar-refractivity contribution is 0.450. The van der Waals surface area contributed by atoms with Crippen LogP contribution < -0.4 is 10.5 Å². The predicted octanol–water partition coefficient (Wildman–Crippen LogP) is -0.926. The summed E-state index contributed by atoms with van der Waals surface area (Å²) >= 11 is 0. The van der Waals surface area contributed by atoms with E-state index in [2.05, 4.69) is 0 Å². The molecule has 0 rings (SSSR count). The fraction of sp³-hybridized carbons (Fsp3) is 1.00. The van der Waals surface area contributed by atoms with Gasteiger partial charge in [0.1, 0.15) is 0 Å². The first-order valence-electron chi connectivity index (χ1n) is 2.46. The van der Waals surface area contributed by atoms with Crippen molar-refractivity contribution in [3.05, 3.63) is 0 Å². The van der Waals surface area contributed by atoms with Crippen molar-refractivity contribution in [1.82, 2.24) is 4.72 Å². The number of nitrogens with one attached hydrogen (secondary N) is 1. The van der Waals surface area contributed by atoms with Crippen molar-refractivity contribution >= 4 is 10.3 Å². The zero-order chi connectivity index (χ0) is 7.49. The molecule has 1 unspecified atom stereocenters. The normalized spacial score (nSPS) is 15.4. The van der Waals surface area contributed by atoms with E-state index >= 15 is 0 Å². The van der Waals surface area contributed by atoms with Gasteiger partial charge in [0.25, 0.3) is 0 Å². The Morgan fingerprint density at radius 3 is 2.33 bits per heavy atom. The second-order valence-corrected chi connectivity index (χ2v) is 2.79. The van der Waals surface area contributed by atoms with E-state index in [1.54, 1.807) is 11.6 Å². The smallest absolute Gasteiger partial charge is 0.315 e. The third kappa shape index (κ3) is 5.71. The highest BCUT2D eigenvalue weighted by molar-refractivity contribution is 7.83. The van der Waals surface area contributed by atoms with Crippen LogP contribution in [0.25, 0.3) is 0 Å². The molecule has 0 heterocycles. The molecule has 0 spiro atoms. The van der Waals surface area contributed by atoms with Crippen LogP contribution >= 0.6 is 0 Å². The molecule has 0 aliphatic heterocycles. The monoisotopic (exact) mass is 154 g/mol. The summed E-state index contributed by atoms with van der Waals surface area (Å²) in [6.07, 6.45) is -0.250. The molecule has 0 aromatic carbocycles. The van der Waals surface area contributed by atoms with Crippen molar-refractivity contribution in [3.63, 3.8) is 0 Å². The molecule has 0 aliphatic carbocycles. The Balaban J connectivity index is 3.75. The summed E-state index contributed by atoms with van der Waals surface area (Å²) < 4.78 is 29.8. The van der Waals surface area contributed by atoms with E-state index < -0.39 is 16.5 Å². The Bertz CT molecular complexity index is 164. The summed E-state index contributed by atoms with van der Waals surface area (Å²) in [4.78, 5) is 0. The minimum Gasteiger partial charge on any atom is -0.315 e. The molecule has 1 atom stereocenters. The van der Waals surface area contributed by atoms with Crippen LogP contribution in [0.3, 0.4) is 0 Å². The van der Waals surface area contributed by atoms with Gasteiger partial charge in [0, 0.05) is 0 Å². The number of nitrogens with two attached hydrogens (primary N) is 1. The summed E-state index contributed by atoms with van der Waals surface area (Å²) in [7, 11) is -4.11. The van der Waals surface area contributed by atoms with Gasteiger partial charge in [-0.1, -0.05) is 6.92 Å². The summed E-state index contributed by atoms with van der Waals surface area (Å²) in [5.74, 6) is 0. The lowest BCUT2D eigenvalue weighted by Gasteiger charge is -2.06. The fourth-order valence-electron chi connectivity index (χ4n) is 0.275. The Morgan fingerprint density at radius 2 is 2.22 bits per heavy atom. The van der Waals surface area contributed by atoms with E-state index in [0.717, 1.165) is 0 Å². The molecular weight excluding hydrogens is 144 g/mol. The van der Waals surface area contributed by atoms with Crippen LogP contribution in [0.1, 0.15) is 13.3 Å². The average molecular weight is 154 g/mol. The predicted molar refractivity (Wildman–Crippen MR) is 33.0 cm³/mol. The second-order valence-electron chi connectivity index (χ2n) is 1.61. The molecule has 0 saturated heterocycles. The van der Waals surface area contributed by atoms with Gasteiger partial charge in [-0.15, -0.1) is 0 Å². The molecule has 0 fully saturated rings. The molecule has 4 N–H and O–H groups in total. The maximum absolute atomic E-state index is 9.96. The van der Waals surface area contributed by atoms with Gasteiger partial charge < -0.3 is 5.73 Å². The number of hydrogen-bond acceptors (Lipinski definition) is 3. The molecule has 6 heteroatoms. The molecule has 9 heavy (non-hydrogen) atoms. The first-order valence-corrected chi connectivity index (χ1v) is 3.90. The molecule has 0 bridgehead atoms. The summed E-state index contributed by atoms with van der Waals surface area (Å²) in [5, 5.41) is 0. The molecule has 0 aromatic rings. The Hall–Kier alpha value is -0.170. The first-order chi connectivity index (χ1) is 3.95. The lowest BCUT2D eigenvalue weighted by Crippen LogP contribution is -2.40. The van der Waals surface area contributed by atoms with Crippen LogP contribution in [0, 0.1) is 0 Å². The highest BCUT2D eigenvalue weighted by Gasteiger charge is 2.06. The van der Waals surface area contributed by atoms with Crippen molar-refractivity contribution in [2.75, 3.05) is 0 Å². The summed E-state index contributed by atoms with van der Waals surface area (Å²) in [5.41, 5.74) is 5.11. The van der Waals surface area contributed by atoms with Crippen molar-refractivity contribution in [3.8, 4) is 0 Å². The van der Waals surface area contributed by atoms with Gasteiger partial charge in [0.05, 0.1) is 6.17 Å². The maximum Gasteiger partial charge on any atom is 0.334 e. The van der Waals surface area contributed by atoms with Crippen LogP contribution in [-0.2, 0) is 10.3 Å². The Morgan fingerprint density at radius 1 is 1.78 bits per heavy atom. The van der Waals surface area contributed by atoms with Gasteiger partial charge in [-0.2, -0.15) is 13.1 Å². The Kier molecular flexibility index (Phi) is 3.06. The second kappa shape index (κ2) is 3.11. The van der Waals surface area contributed by atoms with Crippen LogP contribution in [-0.4, -0.2) is 19.1 Å². The minimum absolute atomic E-state index is 0.444. The van der Waals surface area contributed by atoms with Gasteiger partial charge >= 0.3 is 10.3 Å². The van der Waals surface area contributed by atoms with Gasteiger partial charge in [-0.25, -0.2) is 0 Å². The largest absolute Gasteiger partial charge is 0.334 e. The van der Waals surface area contributed by atoms with Gasteiger partial charge in [-0.05, 0) is 6.42 Å². The van der Waals surface area contributed by atoms with E-state index in [0.29, 0.717) is 6.42 Å². The van der Waals surface area contributed by atoms with Crippen molar-refractivity contribution < 1.29 is 13.0 Å². The standard InChI is InChI=1S/C3H10N2O3S/c1-2-3(4)5-9(6,7)8/h3,5H,2,4H2,1H3,(H,6,7,8). The molecule has 5 nitrogen and oxygen atoms in total. The third-order valence-electron chi connectivity index (χ3n) is 0.740. The van der Waals surface area contributed by atoms with Crippen molar-refractivity contribution in [1.29, 1.82) is 0 Å². The van der Waals surface area contributed by atoms with Crippen molar-refractivity contribution in [2.24, 2.45) is 5.73 Å². The van der Waals surface area contributed by atoms with Gasteiger partial charge in [-0.3, -0.25) is 4.55 Å². The molecule has 0 saturated carbocycles. The van der Waals surface area contributed by atoms with Gasteiger partial charge in [0.15, 0.2) is 0 Å². The summed E-state index contributed by atoms with van der Waals surface area (Å²) in [6.45, 7) is 1.70. The zero-order valence-corrected chi connectivity index (χ0v) is 5.85. The molecule has 0 amide bonds. The van der Waals surface area contributed by atoms with Crippen molar-refractivity contribution in [2.45, 2.75) is 19.5 Å². The lowest BCUT2D eigenvalue weighted by atomic mass is 10.4. The maximum atomic E-state index is 9.96. The summed E-state index contributed by atoms with van der Waals surface area (Å²) in [6, 6.07) is 0. The Labute approximate surface area is 54.1 Å². The quantitative estimate of drug-likeness (QED) is 0.362. The van der Waals surface area contributed by atoms with E-state index in [9.17, 15) is 8.42 Å². The molecule has 0 radical (unpaired) electrons. The SMILES string of the molecule is CCC(N)NS(=O)(=O)O. The van der Waals surface area contributed by atoms with E-state index in [4.69, 9.17) is 10.3 Å². The van der Waals surface area contributed by atoms with E-state index in [1.165, 1.54) is 0 Å². The minimum atomic E-state index is -4.11. The molecule has 0 aliphatic rings. The van der Waals surface area contributed by atoms with Crippen LogP contribution in [0.15, 0.2) is 0 Å². The van der Waals surface area contributed by atoms with Crippen LogP contribution in [0.2, 0.25) is 0 Å². The van der Waals surface area contributed by atoms with E-state index in [-0.39, 0.29) is 0 Å². The first kappa shape index (κ1) is 8.83. The zero-order valence-electron chi connectivity index (χ0n) is 5.03. The molecule has 56 valence electrons. The average Bonchev–Trinajstić information content (AvgIpc) is 1.62. The van der Waals surface area contributed by atoms with Gasteiger partial charge in [0.2, 0.25) is 0 Å². The van der Waals surface area contributed by atoms with Crippen LogP contribution in [0.5, 0.6) is 0 Å². The number of hydrogen-bond donors (Lipinski definition) is 3. The highest BCUT2D eigenvalue weighted by atomic mass is 32.2. The van der Waals surface area contributed by atoms with E-state index in [1.807, 2.05) is 0 Å². The topological polar surface area (TPSA) is 92.4 Å². The molecule has 0 aromatic heterocycles.